The summed E-state index contributed by atoms with van der Waals surface area (Å²) in [6, 6.07) is 5.07. The van der Waals surface area contributed by atoms with E-state index in [1.54, 1.807) is 6.07 Å². The number of nitrogens with zero attached hydrogens (tertiary/aromatic N) is 1. The summed E-state index contributed by atoms with van der Waals surface area (Å²) in [4.78, 5) is 10.6. The Morgan fingerprint density at radius 1 is 1.47 bits per heavy atom. The van der Waals surface area contributed by atoms with Crippen LogP contribution < -0.4 is 5.73 Å². The van der Waals surface area contributed by atoms with E-state index in [9.17, 15) is 10.1 Å². The molecule has 1 rings (SSSR count). The van der Waals surface area contributed by atoms with Crippen LogP contribution in [0.4, 0.5) is 5.69 Å². The monoisotopic (exact) mass is 300 g/mol. The van der Waals surface area contributed by atoms with Crippen molar-refractivity contribution in [1.29, 1.82) is 0 Å². The van der Waals surface area contributed by atoms with Crippen LogP contribution in [0.1, 0.15) is 25.8 Å². The summed E-state index contributed by atoms with van der Waals surface area (Å²) >= 11 is 3.24. The van der Waals surface area contributed by atoms with Gasteiger partial charge in [-0.3, -0.25) is 10.1 Å². The van der Waals surface area contributed by atoms with E-state index in [2.05, 4.69) is 29.8 Å². The molecule has 0 aliphatic carbocycles. The Morgan fingerprint density at radius 3 is 2.65 bits per heavy atom. The number of hydrogen-bond donors (Lipinski definition) is 1. The lowest BCUT2D eigenvalue weighted by Crippen LogP contribution is -2.25. The molecule has 0 spiro atoms. The van der Waals surface area contributed by atoms with Crippen LogP contribution in [-0.2, 0) is 6.42 Å². The Kier molecular flexibility index (Phi) is 5.08. The highest BCUT2D eigenvalue weighted by molar-refractivity contribution is 9.10. The third kappa shape index (κ3) is 4.44. The standard InChI is InChI=1S/C12H17BrN2O2/c1-8(2)5-11(14)6-9-3-4-10(13)7-12(9)15(16)17/h3-4,7-8,11H,5-6,14H2,1-2H3. The molecule has 1 atom stereocenters. The third-order valence-electron chi connectivity index (χ3n) is 2.50. The second-order valence-electron chi connectivity index (χ2n) is 4.62. The Hall–Kier alpha value is -0.940. The molecule has 1 aromatic carbocycles. The minimum atomic E-state index is -0.359. The van der Waals surface area contributed by atoms with Gasteiger partial charge in [-0.25, -0.2) is 0 Å². The van der Waals surface area contributed by atoms with Gasteiger partial charge in [-0.05, 0) is 24.8 Å². The molecule has 94 valence electrons. The largest absolute Gasteiger partial charge is 0.327 e. The quantitative estimate of drug-likeness (QED) is 0.670. The highest BCUT2D eigenvalue weighted by atomic mass is 79.9. The van der Waals surface area contributed by atoms with Crippen LogP contribution in [0, 0.1) is 16.0 Å². The molecule has 1 unspecified atom stereocenters. The van der Waals surface area contributed by atoms with Crippen LogP contribution in [0.5, 0.6) is 0 Å². The molecule has 0 radical (unpaired) electrons. The van der Waals surface area contributed by atoms with Crippen molar-refractivity contribution < 1.29 is 4.92 Å². The van der Waals surface area contributed by atoms with Crippen LogP contribution in [-0.4, -0.2) is 11.0 Å². The van der Waals surface area contributed by atoms with Gasteiger partial charge >= 0.3 is 0 Å². The molecular weight excluding hydrogens is 284 g/mol. The van der Waals surface area contributed by atoms with E-state index in [1.165, 1.54) is 6.07 Å². The molecule has 0 amide bonds. The molecule has 0 heterocycles. The molecule has 0 aliphatic heterocycles. The van der Waals surface area contributed by atoms with Crippen molar-refractivity contribution in [2.45, 2.75) is 32.7 Å². The van der Waals surface area contributed by atoms with E-state index in [4.69, 9.17) is 5.73 Å². The summed E-state index contributed by atoms with van der Waals surface area (Å²) in [5, 5.41) is 10.9. The molecule has 0 saturated carbocycles. The molecule has 0 fully saturated rings. The second-order valence-corrected chi connectivity index (χ2v) is 5.54. The number of nitro groups is 1. The van der Waals surface area contributed by atoms with Crippen molar-refractivity contribution in [2.24, 2.45) is 11.7 Å². The lowest BCUT2D eigenvalue weighted by atomic mass is 9.97. The number of halogens is 1. The number of nitrogens with two attached hydrogens (primary N) is 1. The van der Waals surface area contributed by atoms with Crippen LogP contribution in [0.3, 0.4) is 0 Å². The molecule has 17 heavy (non-hydrogen) atoms. The van der Waals surface area contributed by atoms with Gasteiger partial charge in [0.25, 0.3) is 5.69 Å². The number of rotatable bonds is 5. The Balaban J connectivity index is 2.86. The molecule has 0 aromatic heterocycles. The van der Waals surface area contributed by atoms with Gasteiger partial charge in [0, 0.05) is 22.1 Å². The molecule has 1 aromatic rings. The zero-order valence-electron chi connectivity index (χ0n) is 10.0. The summed E-state index contributed by atoms with van der Waals surface area (Å²) < 4.78 is 0.713. The van der Waals surface area contributed by atoms with E-state index in [0.29, 0.717) is 22.4 Å². The molecule has 2 N–H and O–H groups in total. The Labute approximate surface area is 109 Å². The first-order valence-corrected chi connectivity index (χ1v) is 6.38. The highest BCUT2D eigenvalue weighted by Crippen LogP contribution is 2.25. The average molecular weight is 301 g/mol. The zero-order chi connectivity index (χ0) is 13.0. The van der Waals surface area contributed by atoms with Crippen molar-refractivity contribution >= 4 is 21.6 Å². The maximum absolute atomic E-state index is 10.9. The fourth-order valence-corrected chi connectivity index (χ4v) is 2.20. The fraction of sp³-hybridized carbons (Fsp3) is 0.500. The van der Waals surface area contributed by atoms with Gasteiger partial charge in [-0.2, -0.15) is 0 Å². The first-order chi connectivity index (χ1) is 7.90. The van der Waals surface area contributed by atoms with E-state index < -0.39 is 0 Å². The van der Waals surface area contributed by atoms with Crippen molar-refractivity contribution in [3.8, 4) is 0 Å². The van der Waals surface area contributed by atoms with E-state index in [1.807, 2.05) is 6.07 Å². The van der Waals surface area contributed by atoms with E-state index >= 15 is 0 Å². The minimum absolute atomic E-state index is 0.0325. The van der Waals surface area contributed by atoms with E-state index in [0.717, 1.165) is 6.42 Å². The maximum Gasteiger partial charge on any atom is 0.273 e. The van der Waals surface area contributed by atoms with Gasteiger partial charge in [-0.15, -0.1) is 0 Å². The third-order valence-corrected chi connectivity index (χ3v) is 2.99. The lowest BCUT2D eigenvalue weighted by molar-refractivity contribution is -0.385. The molecule has 0 aliphatic rings. The summed E-state index contributed by atoms with van der Waals surface area (Å²) in [5.74, 6) is 0.500. The van der Waals surface area contributed by atoms with Crippen LogP contribution in [0.2, 0.25) is 0 Å². The molecular formula is C12H17BrN2O2. The van der Waals surface area contributed by atoms with E-state index in [-0.39, 0.29) is 16.7 Å². The number of hydrogen-bond acceptors (Lipinski definition) is 3. The van der Waals surface area contributed by atoms with Crippen molar-refractivity contribution in [2.75, 3.05) is 0 Å². The topological polar surface area (TPSA) is 69.2 Å². The van der Waals surface area contributed by atoms with Gasteiger partial charge in [0.1, 0.15) is 0 Å². The van der Waals surface area contributed by atoms with Crippen LogP contribution in [0.25, 0.3) is 0 Å². The first-order valence-electron chi connectivity index (χ1n) is 5.58. The Morgan fingerprint density at radius 2 is 2.12 bits per heavy atom. The van der Waals surface area contributed by atoms with Crippen LogP contribution >= 0.6 is 15.9 Å². The van der Waals surface area contributed by atoms with Crippen molar-refractivity contribution in [3.05, 3.63) is 38.3 Å². The maximum atomic E-state index is 10.9. The lowest BCUT2D eigenvalue weighted by Gasteiger charge is -2.14. The van der Waals surface area contributed by atoms with Crippen molar-refractivity contribution in [1.82, 2.24) is 0 Å². The first kappa shape index (κ1) is 14.1. The summed E-state index contributed by atoms with van der Waals surface area (Å²) in [5.41, 5.74) is 6.82. The van der Waals surface area contributed by atoms with Crippen molar-refractivity contribution in [3.63, 3.8) is 0 Å². The van der Waals surface area contributed by atoms with Gasteiger partial charge in [0.2, 0.25) is 0 Å². The van der Waals surface area contributed by atoms with Gasteiger partial charge in [0.05, 0.1) is 4.92 Å². The molecule has 4 nitrogen and oxygen atoms in total. The summed E-state index contributed by atoms with van der Waals surface area (Å²) in [7, 11) is 0. The predicted octanol–water partition coefficient (Wildman–Crippen LogP) is 3.27. The smallest absolute Gasteiger partial charge is 0.273 e. The highest BCUT2D eigenvalue weighted by Gasteiger charge is 2.17. The van der Waals surface area contributed by atoms with Gasteiger partial charge in [-0.1, -0.05) is 35.8 Å². The molecule has 0 saturated heterocycles. The predicted molar refractivity (Wildman–Crippen MR) is 71.9 cm³/mol. The molecule has 0 bridgehead atoms. The second kappa shape index (κ2) is 6.12. The SMILES string of the molecule is CC(C)CC(N)Cc1ccc(Br)cc1[N+](=O)[O-]. The average Bonchev–Trinajstić information content (AvgIpc) is 2.19. The minimum Gasteiger partial charge on any atom is -0.327 e. The number of benzene rings is 1. The summed E-state index contributed by atoms with van der Waals surface area (Å²) in [6.07, 6.45) is 1.41. The van der Waals surface area contributed by atoms with Crippen LogP contribution in [0.15, 0.2) is 22.7 Å². The molecule has 5 heteroatoms. The Bertz CT molecular complexity index is 407. The zero-order valence-corrected chi connectivity index (χ0v) is 11.6. The summed E-state index contributed by atoms with van der Waals surface area (Å²) in [6.45, 7) is 4.19. The normalized spacial score (nSPS) is 12.8. The van der Waals surface area contributed by atoms with Gasteiger partial charge < -0.3 is 5.73 Å². The number of nitro benzene ring substituents is 1. The van der Waals surface area contributed by atoms with Gasteiger partial charge in [0.15, 0.2) is 0 Å². The fourth-order valence-electron chi connectivity index (χ4n) is 1.85.